The summed E-state index contributed by atoms with van der Waals surface area (Å²) in [6.45, 7) is 4.99. The second kappa shape index (κ2) is 10.3. The Morgan fingerprint density at radius 2 is 1.52 bits per heavy atom. The summed E-state index contributed by atoms with van der Waals surface area (Å²) in [6, 6.07) is 16.9. The lowest BCUT2D eigenvalue weighted by atomic mass is 10.1. The topological polar surface area (TPSA) is 93.7 Å². The maximum Gasteiger partial charge on any atom is 0.408 e. The Bertz CT molecular complexity index is 816. The number of ether oxygens (including phenoxy) is 2. The molecule has 0 bridgehead atoms. The second-order valence-electron chi connectivity index (χ2n) is 7.35. The SMILES string of the molecule is CC(C)(C)OC(=O)CNC(=O)C(NC(=O)OCc1ccccc1)c1ccccc1. The molecular formula is C22H26N2O5. The molecule has 2 amide bonds. The summed E-state index contributed by atoms with van der Waals surface area (Å²) >= 11 is 0. The third-order valence-electron chi connectivity index (χ3n) is 3.70. The van der Waals surface area contributed by atoms with Gasteiger partial charge in [-0.3, -0.25) is 9.59 Å². The van der Waals surface area contributed by atoms with Crippen LogP contribution >= 0.6 is 0 Å². The molecule has 0 fully saturated rings. The molecule has 2 aromatic carbocycles. The standard InChI is InChI=1S/C22H26N2O5/c1-22(2,3)29-18(25)14-23-20(26)19(17-12-8-5-9-13-17)24-21(27)28-15-16-10-6-4-7-11-16/h4-13,19H,14-15H2,1-3H3,(H,23,26)(H,24,27). The Hall–Kier alpha value is -3.35. The number of nitrogens with one attached hydrogen (secondary N) is 2. The number of carbonyl (C=O) groups is 3. The van der Waals surface area contributed by atoms with Crippen LogP contribution in [0.3, 0.4) is 0 Å². The molecular weight excluding hydrogens is 372 g/mol. The Labute approximate surface area is 170 Å². The number of hydrogen-bond acceptors (Lipinski definition) is 5. The first-order chi connectivity index (χ1) is 13.7. The third kappa shape index (κ3) is 8.04. The van der Waals surface area contributed by atoms with Crippen molar-refractivity contribution in [3.05, 3.63) is 71.8 Å². The van der Waals surface area contributed by atoms with Crippen LogP contribution in [0.25, 0.3) is 0 Å². The summed E-state index contributed by atoms with van der Waals surface area (Å²) in [6.07, 6.45) is -0.741. The highest BCUT2D eigenvalue weighted by atomic mass is 16.6. The monoisotopic (exact) mass is 398 g/mol. The Morgan fingerprint density at radius 3 is 2.10 bits per heavy atom. The number of amides is 2. The highest BCUT2D eigenvalue weighted by Gasteiger charge is 2.25. The average molecular weight is 398 g/mol. The number of benzene rings is 2. The zero-order valence-electron chi connectivity index (χ0n) is 16.8. The fraction of sp³-hybridized carbons (Fsp3) is 0.318. The van der Waals surface area contributed by atoms with E-state index in [4.69, 9.17) is 9.47 Å². The van der Waals surface area contributed by atoms with Gasteiger partial charge in [-0.25, -0.2) is 4.79 Å². The van der Waals surface area contributed by atoms with E-state index in [0.717, 1.165) is 5.56 Å². The number of hydrogen-bond donors (Lipinski definition) is 2. The van der Waals surface area contributed by atoms with Crippen molar-refractivity contribution < 1.29 is 23.9 Å². The number of alkyl carbamates (subject to hydrolysis) is 1. The van der Waals surface area contributed by atoms with Crippen LogP contribution in [0.2, 0.25) is 0 Å². The number of esters is 1. The van der Waals surface area contributed by atoms with Gasteiger partial charge in [0.2, 0.25) is 5.91 Å². The van der Waals surface area contributed by atoms with Gasteiger partial charge in [0.15, 0.2) is 0 Å². The van der Waals surface area contributed by atoms with Crippen molar-refractivity contribution in [2.45, 2.75) is 39.0 Å². The quantitative estimate of drug-likeness (QED) is 0.699. The van der Waals surface area contributed by atoms with Gasteiger partial charge in [-0.15, -0.1) is 0 Å². The van der Waals surface area contributed by atoms with Crippen LogP contribution in [0.5, 0.6) is 0 Å². The summed E-state index contributed by atoms with van der Waals surface area (Å²) in [7, 11) is 0. The first-order valence-electron chi connectivity index (χ1n) is 9.26. The molecule has 0 radical (unpaired) electrons. The molecule has 1 unspecified atom stereocenters. The summed E-state index contributed by atoms with van der Waals surface area (Å²) < 4.78 is 10.4. The van der Waals surface area contributed by atoms with E-state index >= 15 is 0 Å². The van der Waals surface area contributed by atoms with Crippen molar-refractivity contribution in [2.24, 2.45) is 0 Å². The van der Waals surface area contributed by atoms with E-state index in [2.05, 4.69) is 10.6 Å². The molecule has 0 saturated carbocycles. The molecule has 2 N–H and O–H groups in total. The molecule has 2 rings (SSSR count). The van der Waals surface area contributed by atoms with E-state index in [1.165, 1.54) is 0 Å². The van der Waals surface area contributed by atoms with Gasteiger partial charge in [0, 0.05) is 0 Å². The van der Waals surface area contributed by atoms with Crippen molar-refractivity contribution >= 4 is 18.0 Å². The van der Waals surface area contributed by atoms with Crippen molar-refractivity contribution in [3.63, 3.8) is 0 Å². The molecule has 0 heterocycles. The summed E-state index contributed by atoms with van der Waals surface area (Å²) in [5, 5.41) is 5.05. The Balaban J connectivity index is 1.98. The fourth-order valence-electron chi connectivity index (χ4n) is 2.47. The fourth-order valence-corrected chi connectivity index (χ4v) is 2.47. The molecule has 0 spiro atoms. The number of rotatable bonds is 7. The predicted molar refractivity (Wildman–Crippen MR) is 108 cm³/mol. The highest BCUT2D eigenvalue weighted by molar-refractivity contribution is 5.89. The van der Waals surface area contributed by atoms with E-state index < -0.39 is 29.6 Å². The molecule has 0 saturated heterocycles. The van der Waals surface area contributed by atoms with Gasteiger partial charge in [0.05, 0.1) is 0 Å². The maximum absolute atomic E-state index is 12.6. The van der Waals surface area contributed by atoms with Crippen molar-refractivity contribution in [1.29, 1.82) is 0 Å². The number of carbonyl (C=O) groups excluding carboxylic acids is 3. The van der Waals surface area contributed by atoms with Gasteiger partial charge < -0.3 is 20.1 Å². The van der Waals surface area contributed by atoms with Crippen LogP contribution in [0.15, 0.2) is 60.7 Å². The third-order valence-corrected chi connectivity index (χ3v) is 3.70. The molecule has 0 aliphatic rings. The molecule has 0 aliphatic heterocycles. The van der Waals surface area contributed by atoms with Crippen LogP contribution in [-0.4, -0.2) is 30.1 Å². The second-order valence-corrected chi connectivity index (χ2v) is 7.35. The highest BCUT2D eigenvalue weighted by Crippen LogP contribution is 2.14. The molecule has 29 heavy (non-hydrogen) atoms. The van der Waals surface area contributed by atoms with Crippen molar-refractivity contribution in [1.82, 2.24) is 10.6 Å². The molecule has 1 atom stereocenters. The molecule has 154 valence electrons. The van der Waals surface area contributed by atoms with Crippen LogP contribution in [0, 0.1) is 0 Å². The predicted octanol–water partition coefficient (Wildman–Crippen LogP) is 3.11. The Morgan fingerprint density at radius 1 is 0.931 bits per heavy atom. The molecule has 0 aliphatic carbocycles. The maximum atomic E-state index is 12.6. The van der Waals surface area contributed by atoms with E-state index in [0.29, 0.717) is 5.56 Å². The molecule has 7 nitrogen and oxygen atoms in total. The minimum absolute atomic E-state index is 0.0771. The zero-order valence-corrected chi connectivity index (χ0v) is 16.8. The van der Waals surface area contributed by atoms with Crippen LogP contribution in [0.1, 0.15) is 37.9 Å². The largest absolute Gasteiger partial charge is 0.459 e. The lowest BCUT2D eigenvalue weighted by Crippen LogP contribution is -2.43. The average Bonchev–Trinajstić information content (AvgIpc) is 2.69. The van der Waals surface area contributed by atoms with Gasteiger partial charge >= 0.3 is 12.1 Å². The molecule has 0 aromatic heterocycles. The van der Waals surface area contributed by atoms with Gasteiger partial charge in [0.25, 0.3) is 0 Å². The van der Waals surface area contributed by atoms with E-state index in [-0.39, 0.29) is 13.2 Å². The van der Waals surface area contributed by atoms with Crippen LogP contribution < -0.4 is 10.6 Å². The lowest BCUT2D eigenvalue weighted by Gasteiger charge is -2.21. The summed E-state index contributed by atoms with van der Waals surface area (Å²) in [5.74, 6) is -1.11. The van der Waals surface area contributed by atoms with Gasteiger partial charge in [-0.2, -0.15) is 0 Å². The summed E-state index contributed by atoms with van der Waals surface area (Å²) in [4.78, 5) is 36.7. The summed E-state index contributed by atoms with van der Waals surface area (Å²) in [5.41, 5.74) is 0.735. The lowest BCUT2D eigenvalue weighted by molar-refractivity contribution is -0.154. The first kappa shape index (κ1) is 21.9. The molecule has 7 heteroatoms. The van der Waals surface area contributed by atoms with Crippen LogP contribution in [0.4, 0.5) is 4.79 Å². The van der Waals surface area contributed by atoms with E-state index in [1.807, 2.05) is 30.3 Å². The smallest absolute Gasteiger partial charge is 0.408 e. The molecule has 2 aromatic rings. The van der Waals surface area contributed by atoms with Gasteiger partial charge in [0.1, 0.15) is 24.8 Å². The van der Waals surface area contributed by atoms with Crippen LogP contribution in [-0.2, 0) is 25.7 Å². The zero-order chi connectivity index (χ0) is 21.3. The van der Waals surface area contributed by atoms with Gasteiger partial charge in [-0.05, 0) is 31.9 Å². The van der Waals surface area contributed by atoms with Crippen molar-refractivity contribution in [2.75, 3.05) is 6.54 Å². The van der Waals surface area contributed by atoms with Gasteiger partial charge in [-0.1, -0.05) is 60.7 Å². The minimum atomic E-state index is -1.01. The normalized spacial score (nSPS) is 11.8. The van der Waals surface area contributed by atoms with Crippen molar-refractivity contribution in [3.8, 4) is 0 Å². The van der Waals surface area contributed by atoms with E-state index in [1.54, 1.807) is 51.1 Å². The minimum Gasteiger partial charge on any atom is -0.459 e. The first-order valence-corrected chi connectivity index (χ1v) is 9.26. The Kier molecular flexibility index (Phi) is 7.77. The van der Waals surface area contributed by atoms with E-state index in [9.17, 15) is 14.4 Å².